The Hall–Kier alpha value is -2.92. The smallest absolute Gasteiger partial charge is 0.175 e. The minimum Gasteiger partial charge on any atom is -0.203 e. The molecule has 0 saturated carbocycles. The highest BCUT2D eigenvalue weighted by Gasteiger charge is 2.13. The Morgan fingerprint density at radius 2 is 1.31 bits per heavy atom. The molecule has 0 radical (unpaired) electrons. The van der Waals surface area contributed by atoms with Crippen LogP contribution < -0.4 is 0 Å². The molecule has 26 heavy (non-hydrogen) atoms. The Kier molecular flexibility index (Phi) is 5.49. The zero-order chi connectivity index (χ0) is 18.5. The van der Waals surface area contributed by atoms with Gasteiger partial charge in [-0.3, -0.25) is 0 Å². The Bertz CT molecular complexity index is 956. The van der Waals surface area contributed by atoms with E-state index in [-0.39, 0.29) is 11.1 Å². The van der Waals surface area contributed by atoms with Crippen LogP contribution in [0.15, 0.2) is 60.7 Å². The molecule has 3 aromatic rings. The summed E-state index contributed by atoms with van der Waals surface area (Å²) in [7, 11) is 0. The Balaban J connectivity index is 1.90. The summed E-state index contributed by atoms with van der Waals surface area (Å²) in [6.45, 7) is 3.76. The van der Waals surface area contributed by atoms with E-state index in [1.54, 1.807) is 13.0 Å². The molecule has 0 aliphatic carbocycles. The molecular formula is C24H20F2. The summed E-state index contributed by atoms with van der Waals surface area (Å²) in [5.41, 5.74) is 4.44. The molecule has 0 aromatic heterocycles. The summed E-state index contributed by atoms with van der Waals surface area (Å²) in [4.78, 5) is 0. The normalized spacial score (nSPS) is 10.3. The van der Waals surface area contributed by atoms with E-state index in [1.165, 1.54) is 11.6 Å². The van der Waals surface area contributed by atoms with Crippen molar-refractivity contribution in [2.75, 3.05) is 0 Å². The van der Waals surface area contributed by atoms with Gasteiger partial charge in [-0.2, -0.15) is 0 Å². The van der Waals surface area contributed by atoms with Gasteiger partial charge in [0.1, 0.15) is 0 Å². The molecule has 3 rings (SSSR count). The standard InChI is InChI=1S/C24H20F2/c1-3-5-17-7-9-18(10-8-17)19-11-13-20(14-12-19)22-16-15-21(6-4-2)23(25)24(22)26/h7-16H,3,5H2,1-2H3. The van der Waals surface area contributed by atoms with Gasteiger partial charge in [0.05, 0.1) is 5.56 Å². The molecule has 0 aliphatic rings. The van der Waals surface area contributed by atoms with E-state index in [2.05, 4.69) is 43.0 Å². The van der Waals surface area contributed by atoms with Crippen molar-refractivity contribution in [3.05, 3.63) is 83.4 Å². The lowest BCUT2D eigenvalue weighted by molar-refractivity contribution is 0.509. The van der Waals surface area contributed by atoms with E-state index in [9.17, 15) is 8.78 Å². The Morgan fingerprint density at radius 1 is 0.731 bits per heavy atom. The Labute approximate surface area is 153 Å². The minimum atomic E-state index is -0.896. The van der Waals surface area contributed by atoms with Crippen LogP contribution in [0.2, 0.25) is 0 Å². The highest BCUT2D eigenvalue weighted by molar-refractivity contribution is 5.71. The summed E-state index contributed by atoms with van der Waals surface area (Å²) < 4.78 is 28.5. The molecule has 0 saturated heterocycles. The maximum Gasteiger partial charge on any atom is 0.175 e. The molecule has 0 nitrogen and oxygen atoms in total. The van der Waals surface area contributed by atoms with Crippen LogP contribution in [0.25, 0.3) is 22.3 Å². The molecule has 0 amide bonds. The van der Waals surface area contributed by atoms with E-state index in [0.29, 0.717) is 5.56 Å². The number of aryl methyl sites for hydroxylation is 1. The molecule has 0 spiro atoms. The van der Waals surface area contributed by atoms with Crippen molar-refractivity contribution in [3.63, 3.8) is 0 Å². The number of benzene rings is 3. The van der Waals surface area contributed by atoms with E-state index in [4.69, 9.17) is 0 Å². The van der Waals surface area contributed by atoms with Gasteiger partial charge in [-0.25, -0.2) is 8.78 Å². The van der Waals surface area contributed by atoms with Crippen molar-refractivity contribution in [1.29, 1.82) is 0 Å². The molecular weight excluding hydrogens is 326 g/mol. The highest BCUT2D eigenvalue weighted by atomic mass is 19.2. The van der Waals surface area contributed by atoms with Crippen LogP contribution >= 0.6 is 0 Å². The van der Waals surface area contributed by atoms with Crippen molar-refractivity contribution in [2.45, 2.75) is 26.7 Å². The first-order chi connectivity index (χ1) is 12.6. The van der Waals surface area contributed by atoms with Gasteiger partial charge in [0.15, 0.2) is 11.6 Å². The molecule has 0 atom stereocenters. The topological polar surface area (TPSA) is 0 Å². The minimum absolute atomic E-state index is 0.0811. The zero-order valence-electron chi connectivity index (χ0n) is 14.9. The second-order valence-electron chi connectivity index (χ2n) is 6.19. The summed E-state index contributed by atoms with van der Waals surface area (Å²) >= 11 is 0. The van der Waals surface area contributed by atoms with Crippen LogP contribution in [0.5, 0.6) is 0 Å². The SMILES string of the molecule is CC#Cc1ccc(-c2ccc(-c3ccc(CCC)cc3)cc2)c(F)c1F. The van der Waals surface area contributed by atoms with Crippen LogP contribution in [-0.2, 0) is 6.42 Å². The average molecular weight is 346 g/mol. The molecule has 0 fully saturated rings. The lowest BCUT2D eigenvalue weighted by atomic mass is 9.98. The van der Waals surface area contributed by atoms with Gasteiger partial charge in [-0.1, -0.05) is 67.8 Å². The average Bonchev–Trinajstić information content (AvgIpc) is 2.67. The van der Waals surface area contributed by atoms with Crippen LogP contribution in [0.4, 0.5) is 8.78 Å². The van der Waals surface area contributed by atoms with Gasteiger partial charge < -0.3 is 0 Å². The molecule has 0 aliphatic heterocycles. The largest absolute Gasteiger partial charge is 0.203 e. The predicted octanol–water partition coefficient (Wildman–Crippen LogP) is 6.62. The third-order valence-electron chi connectivity index (χ3n) is 4.36. The van der Waals surface area contributed by atoms with Crippen LogP contribution in [0.1, 0.15) is 31.4 Å². The van der Waals surface area contributed by atoms with Gasteiger partial charge in [0.25, 0.3) is 0 Å². The predicted molar refractivity (Wildman–Crippen MR) is 104 cm³/mol. The third-order valence-corrected chi connectivity index (χ3v) is 4.36. The summed E-state index contributed by atoms with van der Waals surface area (Å²) in [6.07, 6.45) is 2.20. The Morgan fingerprint density at radius 3 is 1.88 bits per heavy atom. The maximum atomic E-state index is 14.4. The first-order valence-corrected chi connectivity index (χ1v) is 8.74. The zero-order valence-corrected chi connectivity index (χ0v) is 14.9. The summed E-state index contributed by atoms with van der Waals surface area (Å²) in [5, 5.41) is 0. The second kappa shape index (κ2) is 7.97. The van der Waals surface area contributed by atoms with Gasteiger partial charge >= 0.3 is 0 Å². The fraction of sp³-hybridized carbons (Fsp3) is 0.167. The van der Waals surface area contributed by atoms with E-state index in [1.807, 2.05) is 24.3 Å². The fourth-order valence-corrected chi connectivity index (χ4v) is 3.00. The van der Waals surface area contributed by atoms with Gasteiger partial charge in [0.2, 0.25) is 0 Å². The molecule has 2 heteroatoms. The molecule has 0 unspecified atom stereocenters. The molecule has 130 valence electrons. The molecule has 0 heterocycles. The maximum absolute atomic E-state index is 14.4. The van der Waals surface area contributed by atoms with E-state index < -0.39 is 11.6 Å². The summed E-state index contributed by atoms with van der Waals surface area (Å²) in [6, 6.07) is 19.1. The van der Waals surface area contributed by atoms with E-state index >= 15 is 0 Å². The third kappa shape index (κ3) is 3.68. The van der Waals surface area contributed by atoms with Crippen molar-refractivity contribution < 1.29 is 8.78 Å². The van der Waals surface area contributed by atoms with Crippen LogP contribution in [0.3, 0.4) is 0 Å². The van der Waals surface area contributed by atoms with Gasteiger partial charge in [0, 0.05) is 5.56 Å². The first-order valence-electron chi connectivity index (χ1n) is 8.74. The second-order valence-corrected chi connectivity index (χ2v) is 6.19. The van der Waals surface area contributed by atoms with Gasteiger partial charge in [-0.05, 0) is 47.7 Å². The van der Waals surface area contributed by atoms with Crippen LogP contribution in [-0.4, -0.2) is 0 Å². The van der Waals surface area contributed by atoms with Crippen LogP contribution in [0, 0.1) is 23.5 Å². The molecule has 3 aromatic carbocycles. The van der Waals surface area contributed by atoms with Crippen molar-refractivity contribution >= 4 is 0 Å². The van der Waals surface area contributed by atoms with E-state index in [0.717, 1.165) is 24.0 Å². The number of hydrogen-bond donors (Lipinski definition) is 0. The lowest BCUT2D eigenvalue weighted by Gasteiger charge is -2.08. The van der Waals surface area contributed by atoms with Crippen molar-refractivity contribution in [2.24, 2.45) is 0 Å². The number of rotatable bonds is 4. The molecule has 0 N–H and O–H groups in total. The van der Waals surface area contributed by atoms with Gasteiger partial charge in [-0.15, -0.1) is 5.92 Å². The first kappa shape index (κ1) is 17.9. The quantitative estimate of drug-likeness (QED) is 0.466. The number of halogens is 2. The highest BCUT2D eigenvalue weighted by Crippen LogP contribution is 2.29. The monoisotopic (exact) mass is 346 g/mol. The lowest BCUT2D eigenvalue weighted by Crippen LogP contribution is -1.94. The fourth-order valence-electron chi connectivity index (χ4n) is 3.00. The van der Waals surface area contributed by atoms with Crippen molar-refractivity contribution in [3.8, 4) is 34.1 Å². The number of hydrogen-bond acceptors (Lipinski definition) is 0. The molecule has 0 bridgehead atoms. The van der Waals surface area contributed by atoms with Crippen molar-refractivity contribution in [1.82, 2.24) is 0 Å². The summed E-state index contributed by atoms with van der Waals surface area (Å²) in [5.74, 6) is 3.41.